The standard InChI is InChI=1S/C15H12BrClN2O/c1-20-12-7-10(16)6-11(8-12)19-14-5-3-2-4-13(14)18-15(19)9-17/h2-8H,9H2,1H3. The van der Waals surface area contributed by atoms with E-state index in [1.54, 1.807) is 7.11 Å². The monoisotopic (exact) mass is 350 g/mol. The first-order valence-corrected chi connectivity index (χ1v) is 7.43. The van der Waals surface area contributed by atoms with Crippen LogP contribution in [0.2, 0.25) is 0 Å². The average molecular weight is 352 g/mol. The Kier molecular flexibility index (Phi) is 3.68. The highest BCUT2D eigenvalue weighted by Crippen LogP contribution is 2.28. The van der Waals surface area contributed by atoms with Crippen molar-refractivity contribution in [1.82, 2.24) is 9.55 Å². The summed E-state index contributed by atoms with van der Waals surface area (Å²) in [5, 5.41) is 0. The number of aromatic nitrogens is 2. The number of benzene rings is 2. The predicted octanol–water partition coefficient (Wildman–Crippen LogP) is 4.54. The van der Waals surface area contributed by atoms with Gasteiger partial charge >= 0.3 is 0 Å². The summed E-state index contributed by atoms with van der Waals surface area (Å²) in [6.07, 6.45) is 0. The Morgan fingerprint density at radius 2 is 2.05 bits per heavy atom. The molecule has 0 radical (unpaired) electrons. The normalized spacial score (nSPS) is 10.9. The minimum atomic E-state index is 0.351. The number of alkyl halides is 1. The molecule has 0 aliphatic heterocycles. The van der Waals surface area contributed by atoms with Crippen LogP contribution in [0.1, 0.15) is 5.82 Å². The van der Waals surface area contributed by atoms with Crippen LogP contribution in [0, 0.1) is 0 Å². The van der Waals surface area contributed by atoms with E-state index in [0.29, 0.717) is 5.88 Å². The first kappa shape index (κ1) is 13.5. The van der Waals surface area contributed by atoms with Crippen molar-refractivity contribution < 1.29 is 4.74 Å². The maximum atomic E-state index is 6.04. The van der Waals surface area contributed by atoms with Crippen molar-refractivity contribution in [2.45, 2.75) is 5.88 Å². The number of fused-ring (bicyclic) bond motifs is 1. The zero-order valence-electron chi connectivity index (χ0n) is 10.8. The van der Waals surface area contributed by atoms with Gasteiger partial charge in [-0.05, 0) is 24.3 Å². The van der Waals surface area contributed by atoms with Crippen molar-refractivity contribution in [2.75, 3.05) is 7.11 Å². The summed E-state index contributed by atoms with van der Waals surface area (Å²) in [6.45, 7) is 0. The Bertz CT molecular complexity index is 770. The molecule has 0 aliphatic rings. The molecule has 3 rings (SSSR count). The van der Waals surface area contributed by atoms with Gasteiger partial charge in [0, 0.05) is 10.5 Å². The number of hydrogen-bond donors (Lipinski definition) is 0. The summed E-state index contributed by atoms with van der Waals surface area (Å²) >= 11 is 9.54. The molecule has 2 aromatic carbocycles. The van der Waals surface area contributed by atoms with Gasteiger partial charge < -0.3 is 4.74 Å². The Balaban J connectivity index is 2.30. The minimum Gasteiger partial charge on any atom is -0.497 e. The van der Waals surface area contributed by atoms with E-state index in [9.17, 15) is 0 Å². The molecular formula is C15H12BrClN2O. The molecule has 0 amide bonds. The second-order valence-corrected chi connectivity index (χ2v) is 5.52. The smallest absolute Gasteiger partial charge is 0.129 e. The third-order valence-electron chi connectivity index (χ3n) is 3.10. The second-order valence-electron chi connectivity index (χ2n) is 4.34. The maximum absolute atomic E-state index is 6.04. The first-order chi connectivity index (χ1) is 9.72. The molecule has 0 saturated carbocycles. The van der Waals surface area contributed by atoms with Crippen LogP contribution in [0.5, 0.6) is 5.75 Å². The van der Waals surface area contributed by atoms with Crippen molar-refractivity contribution in [3.05, 3.63) is 52.8 Å². The first-order valence-electron chi connectivity index (χ1n) is 6.10. The predicted molar refractivity (Wildman–Crippen MR) is 84.9 cm³/mol. The lowest BCUT2D eigenvalue weighted by atomic mass is 10.2. The van der Waals surface area contributed by atoms with Gasteiger partial charge in [0.2, 0.25) is 0 Å². The molecule has 0 bridgehead atoms. The zero-order valence-corrected chi connectivity index (χ0v) is 13.1. The van der Waals surface area contributed by atoms with E-state index in [1.807, 2.05) is 42.5 Å². The Morgan fingerprint density at radius 1 is 1.25 bits per heavy atom. The Hall–Kier alpha value is -1.52. The number of ether oxygens (including phenoxy) is 1. The molecule has 0 fully saturated rings. The molecule has 0 spiro atoms. The molecule has 0 unspecified atom stereocenters. The van der Waals surface area contributed by atoms with Gasteiger partial charge in [-0.1, -0.05) is 28.1 Å². The zero-order chi connectivity index (χ0) is 14.1. The van der Waals surface area contributed by atoms with Crippen molar-refractivity contribution in [3.8, 4) is 11.4 Å². The molecule has 20 heavy (non-hydrogen) atoms. The van der Waals surface area contributed by atoms with E-state index in [1.165, 1.54) is 0 Å². The number of para-hydroxylation sites is 2. The molecule has 0 saturated heterocycles. The summed E-state index contributed by atoms with van der Waals surface area (Å²) < 4.78 is 8.32. The molecule has 0 aliphatic carbocycles. The minimum absolute atomic E-state index is 0.351. The van der Waals surface area contributed by atoms with E-state index in [-0.39, 0.29) is 0 Å². The van der Waals surface area contributed by atoms with Crippen LogP contribution in [0.15, 0.2) is 46.9 Å². The summed E-state index contributed by atoms with van der Waals surface area (Å²) in [5.41, 5.74) is 2.94. The average Bonchev–Trinajstić information content (AvgIpc) is 2.85. The third kappa shape index (κ3) is 2.30. The fraction of sp³-hybridized carbons (Fsp3) is 0.133. The summed E-state index contributed by atoms with van der Waals surface area (Å²) in [4.78, 5) is 4.57. The highest BCUT2D eigenvalue weighted by Gasteiger charge is 2.12. The van der Waals surface area contributed by atoms with E-state index in [0.717, 1.165) is 32.8 Å². The van der Waals surface area contributed by atoms with Crippen LogP contribution in [-0.4, -0.2) is 16.7 Å². The van der Waals surface area contributed by atoms with Gasteiger partial charge in [-0.15, -0.1) is 11.6 Å². The highest BCUT2D eigenvalue weighted by molar-refractivity contribution is 9.10. The lowest BCUT2D eigenvalue weighted by Crippen LogP contribution is -2.00. The van der Waals surface area contributed by atoms with Crippen molar-refractivity contribution in [3.63, 3.8) is 0 Å². The number of rotatable bonds is 3. The van der Waals surface area contributed by atoms with Crippen LogP contribution >= 0.6 is 27.5 Å². The fourth-order valence-electron chi connectivity index (χ4n) is 2.25. The Morgan fingerprint density at radius 3 is 2.80 bits per heavy atom. The van der Waals surface area contributed by atoms with Crippen LogP contribution in [0.4, 0.5) is 0 Å². The van der Waals surface area contributed by atoms with Gasteiger partial charge in [-0.2, -0.15) is 0 Å². The van der Waals surface area contributed by atoms with Crippen LogP contribution in [0.3, 0.4) is 0 Å². The van der Waals surface area contributed by atoms with Crippen molar-refractivity contribution >= 4 is 38.6 Å². The van der Waals surface area contributed by atoms with E-state index in [2.05, 4.69) is 25.5 Å². The van der Waals surface area contributed by atoms with Gasteiger partial charge in [-0.25, -0.2) is 4.98 Å². The number of halogens is 2. The van der Waals surface area contributed by atoms with E-state index < -0.39 is 0 Å². The highest BCUT2D eigenvalue weighted by atomic mass is 79.9. The van der Waals surface area contributed by atoms with Crippen LogP contribution < -0.4 is 4.74 Å². The topological polar surface area (TPSA) is 27.1 Å². The lowest BCUT2D eigenvalue weighted by Gasteiger charge is -2.10. The van der Waals surface area contributed by atoms with Gasteiger partial charge in [0.05, 0.1) is 29.7 Å². The largest absolute Gasteiger partial charge is 0.497 e. The molecule has 3 nitrogen and oxygen atoms in total. The number of nitrogens with zero attached hydrogens (tertiary/aromatic N) is 2. The lowest BCUT2D eigenvalue weighted by molar-refractivity contribution is 0.414. The molecule has 102 valence electrons. The van der Waals surface area contributed by atoms with Crippen LogP contribution in [-0.2, 0) is 5.88 Å². The van der Waals surface area contributed by atoms with Gasteiger partial charge in [0.1, 0.15) is 11.6 Å². The molecular weight excluding hydrogens is 340 g/mol. The van der Waals surface area contributed by atoms with Crippen molar-refractivity contribution in [1.29, 1.82) is 0 Å². The quantitative estimate of drug-likeness (QED) is 0.648. The molecule has 0 N–H and O–H groups in total. The SMILES string of the molecule is COc1cc(Br)cc(-n2c(CCl)nc3ccccc32)c1. The maximum Gasteiger partial charge on any atom is 0.129 e. The fourth-order valence-corrected chi connectivity index (χ4v) is 2.89. The third-order valence-corrected chi connectivity index (χ3v) is 3.80. The molecule has 1 heterocycles. The number of hydrogen-bond acceptors (Lipinski definition) is 2. The van der Waals surface area contributed by atoms with Gasteiger partial charge in [0.15, 0.2) is 0 Å². The Labute approximate surface area is 130 Å². The van der Waals surface area contributed by atoms with Gasteiger partial charge in [0.25, 0.3) is 0 Å². The van der Waals surface area contributed by atoms with Gasteiger partial charge in [-0.3, -0.25) is 4.57 Å². The molecule has 3 aromatic rings. The van der Waals surface area contributed by atoms with E-state index >= 15 is 0 Å². The molecule has 1 aromatic heterocycles. The molecule has 0 atom stereocenters. The van der Waals surface area contributed by atoms with Crippen molar-refractivity contribution in [2.24, 2.45) is 0 Å². The van der Waals surface area contributed by atoms with E-state index in [4.69, 9.17) is 16.3 Å². The molecule has 5 heteroatoms. The summed E-state index contributed by atoms with van der Waals surface area (Å²) in [7, 11) is 1.65. The number of imidazole rings is 1. The summed E-state index contributed by atoms with van der Waals surface area (Å²) in [5.74, 6) is 1.95. The second kappa shape index (κ2) is 5.46. The van der Waals surface area contributed by atoms with Crippen LogP contribution in [0.25, 0.3) is 16.7 Å². The number of methoxy groups -OCH3 is 1. The summed E-state index contributed by atoms with van der Waals surface area (Å²) in [6, 6.07) is 13.9.